The molecule has 1 N–H and O–H groups in total. The highest BCUT2D eigenvalue weighted by Gasteiger charge is 2.35. The zero-order chi connectivity index (χ0) is 22.0. The van der Waals surface area contributed by atoms with Gasteiger partial charge in [0.15, 0.2) is 5.16 Å². The molecule has 6 nitrogen and oxygen atoms in total. The molecular formula is C22H24N4O2S3. The first-order chi connectivity index (χ1) is 15.0. The Bertz CT molecular complexity index is 1180. The van der Waals surface area contributed by atoms with Gasteiger partial charge in [0.1, 0.15) is 10.4 Å². The van der Waals surface area contributed by atoms with Crippen LogP contribution in [0.25, 0.3) is 20.7 Å². The molecule has 0 spiro atoms. The summed E-state index contributed by atoms with van der Waals surface area (Å²) < 4.78 is 1.64. The summed E-state index contributed by atoms with van der Waals surface area (Å²) in [6.45, 7) is 4.18. The third kappa shape index (κ3) is 4.29. The number of thioether (sulfide) groups is 1. The molecule has 0 aliphatic heterocycles. The van der Waals surface area contributed by atoms with Crippen LogP contribution in [-0.2, 0) is 11.3 Å². The number of fused-ring (bicyclic) bond motifs is 1. The van der Waals surface area contributed by atoms with Gasteiger partial charge in [-0.2, -0.15) is 5.26 Å². The van der Waals surface area contributed by atoms with Crippen molar-refractivity contribution >= 4 is 50.6 Å². The molecule has 1 fully saturated rings. The number of nitrogens with one attached hydrogen (secondary N) is 1. The van der Waals surface area contributed by atoms with E-state index >= 15 is 0 Å². The summed E-state index contributed by atoms with van der Waals surface area (Å²) in [7, 11) is 0. The SMILES string of the molecule is CCn1c(SC(C)C(=O)NC2(C#N)CCCCC2)nc2scc(-c3cccs3)c2c1=O. The lowest BCUT2D eigenvalue weighted by Crippen LogP contribution is -2.51. The minimum absolute atomic E-state index is 0.0759. The minimum atomic E-state index is -0.769. The first kappa shape index (κ1) is 22.1. The fourth-order valence-corrected chi connectivity index (χ4v) is 6.73. The smallest absolute Gasteiger partial charge is 0.263 e. The summed E-state index contributed by atoms with van der Waals surface area (Å²) in [5.74, 6) is -0.184. The molecule has 1 saturated carbocycles. The van der Waals surface area contributed by atoms with E-state index < -0.39 is 10.8 Å². The number of nitrogens with zero attached hydrogens (tertiary/aromatic N) is 3. The summed E-state index contributed by atoms with van der Waals surface area (Å²) in [6.07, 6.45) is 4.39. The lowest BCUT2D eigenvalue weighted by atomic mass is 9.83. The number of rotatable bonds is 6. The predicted molar refractivity (Wildman–Crippen MR) is 128 cm³/mol. The van der Waals surface area contributed by atoms with E-state index in [0.29, 0.717) is 34.8 Å². The topological polar surface area (TPSA) is 87.8 Å². The van der Waals surface area contributed by atoms with Gasteiger partial charge in [-0.1, -0.05) is 37.1 Å². The van der Waals surface area contributed by atoms with E-state index in [4.69, 9.17) is 4.98 Å². The summed E-state index contributed by atoms with van der Waals surface area (Å²) in [6, 6.07) is 6.31. The third-order valence-electron chi connectivity index (χ3n) is 5.70. The molecule has 0 aromatic carbocycles. The molecule has 3 heterocycles. The number of amides is 1. The van der Waals surface area contributed by atoms with Crippen LogP contribution in [0.4, 0.5) is 0 Å². The Hall–Kier alpha value is -2.15. The van der Waals surface area contributed by atoms with E-state index in [1.165, 1.54) is 23.1 Å². The highest BCUT2D eigenvalue weighted by Crippen LogP contribution is 2.35. The minimum Gasteiger partial charge on any atom is -0.337 e. The Kier molecular flexibility index (Phi) is 6.51. The number of carbonyl (C=O) groups excluding carboxylic acids is 1. The standard InChI is InChI=1S/C22H24N4O2S3/c1-3-26-20(28)17-15(16-8-7-11-29-16)12-30-19(17)24-21(26)31-14(2)18(27)25-22(13-23)9-5-4-6-10-22/h7-8,11-12,14H,3-6,9-10H2,1-2H3,(H,25,27). The highest BCUT2D eigenvalue weighted by molar-refractivity contribution is 8.00. The van der Waals surface area contributed by atoms with Crippen molar-refractivity contribution in [3.63, 3.8) is 0 Å². The van der Waals surface area contributed by atoms with Crippen LogP contribution in [0.5, 0.6) is 0 Å². The molecule has 9 heteroatoms. The summed E-state index contributed by atoms with van der Waals surface area (Å²) >= 11 is 4.33. The Morgan fingerprint density at radius 3 is 2.81 bits per heavy atom. The van der Waals surface area contributed by atoms with Gasteiger partial charge < -0.3 is 5.32 Å². The largest absolute Gasteiger partial charge is 0.337 e. The molecule has 0 radical (unpaired) electrons. The number of hydrogen-bond acceptors (Lipinski definition) is 7. The molecule has 1 aliphatic carbocycles. The predicted octanol–water partition coefficient (Wildman–Crippen LogP) is 5.03. The molecule has 3 aromatic heterocycles. The van der Waals surface area contributed by atoms with Crippen molar-refractivity contribution in [3.8, 4) is 16.5 Å². The average molecular weight is 473 g/mol. The van der Waals surface area contributed by atoms with Gasteiger partial charge in [-0.25, -0.2) is 4.98 Å². The van der Waals surface area contributed by atoms with Crippen molar-refractivity contribution in [1.82, 2.24) is 14.9 Å². The zero-order valence-corrected chi connectivity index (χ0v) is 20.0. The quantitative estimate of drug-likeness (QED) is 0.402. The van der Waals surface area contributed by atoms with Gasteiger partial charge >= 0.3 is 0 Å². The van der Waals surface area contributed by atoms with Crippen LogP contribution in [0, 0.1) is 11.3 Å². The van der Waals surface area contributed by atoms with Crippen molar-refractivity contribution in [3.05, 3.63) is 33.2 Å². The van der Waals surface area contributed by atoms with Gasteiger partial charge in [0.2, 0.25) is 5.91 Å². The monoisotopic (exact) mass is 472 g/mol. The molecule has 1 atom stereocenters. The van der Waals surface area contributed by atoms with Crippen molar-refractivity contribution in [2.75, 3.05) is 0 Å². The Morgan fingerprint density at radius 2 is 2.16 bits per heavy atom. The van der Waals surface area contributed by atoms with Crippen LogP contribution in [0.3, 0.4) is 0 Å². The number of hydrogen-bond donors (Lipinski definition) is 1. The molecule has 1 aliphatic rings. The first-order valence-electron chi connectivity index (χ1n) is 10.4. The molecule has 31 heavy (non-hydrogen) atoms. The molecule has 0 bridgehead atoms. The van der Waals surface area contributed by atoms with E-state index in [2.05, 4.69) is 11.4 Å². The lowest BCUT2D eigenvalue weighted by Gasteiger charge is -2.32. The maximum Gasteiger partial charge on any atom is 0.263 e. The van der Waals surface area contributed by atoms with Crippen LogP contribution in [-0.4, -0.2) is 26.2 Å². The van der Waals surface area contributed by atoms with Crippen LogP contribution in [0.2, 0.25) is 0 Å². The zero-order valence-electron chi connectivity index (χ0n) is 17.5. The highest BCUT2D eigenvalue weighted by atomic mass is 32.2. The van der Waals surface area contributed by atoms with Crippen molar-refractivity contribution in [2.45, 2.75) is 68.4 Å². The number of carbonyl (C=O) groups is 1. The van der Waals surface area contributed by atoms with Gasteiger partial charge in [0, 0.05) is 22.4 Å². The van der Waals surface area contributed by atoms with E-state index in [0.717, 1.165) is 29.7 Å². The van der Waals surface area contributed by atoms with Crippen molar-refractivity contribution in [1.29, 1.82) is 5.26 Å². The second-order valence-corrected chi connectivity index (χ2v) is 10.9. The summed E-state index contributed by atoms with van der Waals surface area (Å²) in [5, 5.41) is 17.3. The number of aromatic nitrogens is 2. The Morgan fingerprint density at radius 1 is 1.39 bits per heavy atom. The molecule has 3 aromatic rings. The summed E-state index contributed by atoms with van der Waals surface area (Å²) in [5.41, 5.74) is 0.0772. The Labute approximate surface area is 193 Å². The number of thiophene rings is 2. The van der Waals surface area contributed by atoms with Gasteiger partial charge in [0.25, 0.3) is 5.56 Å². The second-order valence-electron chi connectivity index (χ2n) is 7.75. The van der Waals surface area contributed by atoms with Crippen LogP contribution in [0.1, 0.15) is 46.0 Å². The molecule has 0 saturated heterocycles. The van der Waals surface area contributed by atoms with E-state index in [-0.39, 0.29) is 11.5 Å². The van der Waals surface area contributed by atoms with Gasteiger partial charge in [0.05, 0.1) is 16.7 Å². The second kappa shape index (κ2) is 9.15. The van der Waals surface area contributed by atoms with Gasteiger partial charge in [-0.3, -0.25) is 14.2 Å². The first-order valence-corrected chi connectivity index (χ1v) is 13.1. The van der Waals surface area contributed by atoms with Crippen molar-refractivity contribution in [2.24, 2.45) is 0 Å². The third-order valence-corrected chi connectivity index (χ3v) is 8.56. The maximum atomic E-state index is 13.3. The molecule has 1 amide bonds. The van der Waals surface area contributed by atoms with E-state index in [1.54, 1.807) is 22.8 Å². The maximum absolute atomic E-state index is 13.3. The van der Waals surface area contributed by atoms with Crippen LogP contribution in [0.15, 0.2) is 32.8 Å². The fourth-order valence-electron chi connectivity index (χ4n) is 3.96. The van der Waals surface area contributed by atoms with Crippen LogP contribution >= 0.6 is 34.4 Å². The van der Waals surface area contributed by atoms with E-state index in [9.17, 15) is 14.9 Å². The molecular weight excluding hydrogens is 448 g/mol. The fraction of sp³-hybridized carbons (Fsp3) is 0.455. The molecule has 4 rings (SSSR count). The van der Waals surface area contributed by atoms with E-state index in [1.807, 2.05) is 29.8 Å². The van der Waals surface area contributed by atoms with Gasteiger partial charge in [-0.05, 0) is 38.1 Å². The number of nitriles is 1. The average Bonchev–Trinajstić information content (AvgIpc) is 3.44. The summed E-state index contributed by atoms with van der Waals surface area (Å²) in [4.78, 5) is 32.7. The Balaban J connectivity index is 1.61. The molecule has 162 valence electrons. The normalized spacial score (nSPS) is 16.7. The van der Waals surface area contributed by atoms with Gasteiger partial charge in [-0.15, -0.1) is 22.7 Å². The van der Waals surface area contributed by atoms with Crippen LogP contribution < -0.4 is 10.9 Å². The lowest BCUT2D eigenvalue weighted by molar-refractivity contribution is -0.121. The molecule has 1 unspecified atom stereocenters. The van der Waals surface area contributed by atoms with Crippen molar-refractivity contribution < 1.29 is 4.79 Å².